The Bertz CT molecular complexity index is 1070. The number of benzene rings is 2. The predicted octanol–water partition coefficient (Wildman–Crippen LogP) is 6.07. The maximum absolute atomic E-state index is 13.4. The number of nitrogens with zero attached hydrogens (tertiary/aromatic N) is 1. The van der Waals surface area contributed by atoms with Crippen molar-refractivity contribution in [2.45, 2.75) is 82.0 Å². The van der Waals surface area contributed by atoms with Crippen molar-refractivity contribution in [1.82, 2.24) is 0 Å². The van der Waals surface area contributed by atoms with Crippen LogP contribution in [-0.4, -0.2) is 41.8 Å². The van der Waals surface area contributed by atoms with E-state index in [-0.39, 0.29) is 29.3 Å². The average Bonchev–Trinajstić information content (AvgIpc) is 2.74. The average molecular weight is 498 g/mol. The zero-order valence-corrected chi connectivity index (χ0v) is 23.1. The lowest BCUT2D eigenvalue weighted by atomic mass is 9.78. The van der Waals surface area contributed by atoms with Crippen LogP contribution < -0.4 is 4.90 Å². The molecular weight excluding hydrogens is 458 g/mol. The minimum Gasteiger partial charge on any atom is -0.508 e. The van der Waals surface area contributed by atoms with E-state index in [0.29, 0.717) is 12.8 Å². The maximum atomic E-state index is 13.4. The Balaban J connectivity index is 1.85. The Hall–Kier alpha value is -2.47. The maximum Gasteiger partial charge on any atom is 0.327 e. The molecule has 0 bridgehead atoms. The predicted molar refractivity (Wildman–Crippen MR) is 144 cm³/mol. The van der Waals surface area contributed by atoms with Crippen molar-refractivity contribution in [1.29, 1.82) is 0 Å². The smallest absolute Gasteiger partial charge is 0.327 e. The summed E-state index contributed by atoms with van der Waals surface area (Å²) in [6, 6.07) is 11.3. The normalized spacial score (nSPS) is 20.8. The summed E-state index contributed by atoms with van der Waals surface area (Å²) in [5.41, 5.74) is 3.42. The number of carbonyl (C=O) groups is 2. The van der Waals surface area contributed by atoms with Gasteiger partial charge in [-0.05, 0) is 72.1 Å². The molecule has 35 heavy (non-hydrogen) atoms. The molecular formula is C29H39NO4S. The Labute approximate surface area is 214 Å². The van der Waals surface area contributed by atoms with Gasteiger partial charge in [0, 0.05) is 31.1 Å². The molecule has 0 amide bonds. The fourth-order valence-electron chi connectivity index (χ4n) is 4.65. The molecule has 1 fully saturated rings. The third-order valence-corrected chi connectivity index (χ3v) is 8.22. The summed E-state index contributed by atoms with van der Waals surface area (Å²) < 4.78 is 6.12. The number of hydrogen-bond acceptors (Lipinski definition) is 6. The van der Waals surface area contributed by atoms with E-state index in [1.807, 2.05) is 40.1 Å². The van der Waals surface area contributed by atoms with Gasteiger partial charge in [0.05, 0.1) is 0 Å². The number of anilines is 1. The molecule has 5 nitrogen and oxygen atoms in total. The van der Waals surface area contributed by atoms with Gasteiger partial charge in [0.2, 0.25) is 0 Å². The van der Waals surface area contributed by atoms with Crippen molar-refractivity contribution < 1.29 is 19.4 Å². The summed E-state index contributed by atoms with van der Waals surface area (Å²) in [5.74, 6) is -0.292. The van der Waals surface area contributed by atoms with E-state index in [2.05, 4.69) is 44.7 Å². The standard InChI is InChI=1S/C29H39NO4S/c1-18(2)29(14-13-20-9-11-21(31)12-10-20)17-24(32)26(27(33)34-29)35-25-15-19(3)23(30(7)8)16-22(25)28(4,5)6/h9-12,15-16,18,26,31H,13-14,17H2,1-8H3. The number of phenolic OH excluding ortho intramolecular Hbond substituents is 1. The van der Waals surface area contributed by atoms with E-state index >= 15 is 0 Å². The van der Waals surface area contributed by atoms with E-state index < -0.39 is 16.8 Å². The zero-order valence-electron chi connectivity index (χ0n) is 22.3. The number of rotatable bonds is 7. The number of thioether (sulfide) groups is 1. The number of phenols is 1. The number of Topliss-reactive ketones (excluding diaryl/α,β-unsaturated/α-hetero) is 1. The second-order valence-electron chi connectivity index (χ2n) is 11.2. The molecule has 3 rings (SSSR count). The first-order chi connectivity index (χ1) is 16.2. The number of carbonyl (C=O) groups excluding carboxylic acids is 2. The lowest BCUT2D eigenvalue weighted by molar-refractivity contribution is -0.176. The van der Waals surface area contributed by atoms with Crippen LogP contribution in [0.2, 0.25) is 0 Å². The number of ketones is 1. The topological polar surface area (TPSA) is 66.8 Å². The van der Waals surface area contributed by atoms with E-state index in [0.717, 1.165) is 27.3 Å². The molecule has 2 atom stereocenters. The van der Waals surface area contributed by atoms with Crippen molar-refractivity contribution in [2.75, 3.05) is 19.0 Å². The van der Waals surface area contributed by atoms with E-state index in [1.165, 1.54) is 11.8 Å². The van der Waals surface area contributed by atoms with Gasteiger partial charge in [0.1, 0.15) is 11.4 Å². The molecule has 2 aromatic carbocycles. The van der Waals surface area contributed by atoms with Crippen LogP contribution in [0, 0.1) is 12.8 Å². The van der Waals surface area contributed by atoms with E-state index in [1.54, 1.807) is 12.1 Å². The minimum absolute atomic E-state index is 0.00483. The van der Waals surface area contributed by atoms with Gasteiger partial charge in [0.25, 0.3) is 0 Å². The number of aryl methyl sites for hydroxylation is 2. The number of ether oxygens (including phenoxy) is 1. The van der Waals surface area contributed by atoms with E-state index in [9.17, 15) is 14.7 Å². The van der Waals surface area contributed by atoms with Crippen LogP contribution in [0.15, 0.2) is 41.3 Å². The molecule has 2 aromatic rings. The second-order valence-corrected chi connectivity index (χ2v) is 12.4. The second kappa shape index (κ2) is 10.3. The molecule has 1 N–H and O–H groups in total. The SMILES string of the molecule is Cc1cc(SC2C(=O)CC(CCc3ccc(O)cc3)(C(C)C)OC2=O)c(C(C)(C)C)cc1N(C)C. The summed E-state index contributed by atoms with van der Waals surface area (Å²) >= 11 is 1.33. The highest BCUT2D eigenvalue weighted by Crippen LogP contribution is 2.43. The van der Waals surface area contributed by atoms with Crippen LogP contribution in [0.4, 0.5) is 5.69 Å². The van der Waals surface area contributed by atoms with Gasteiger partial charge >= 0.3 is 5.97 Å². The van der Waals surface area contributed by atoms with Crippen LogP contribution in [0.25, 0.3) is 0 Å². The molecule has 6 heteroatoms. The molecule has 1 aliphatic rings. The van der Waals surface area contributed by atoms with Gasteiger partial charge < -0.3 is 14.7 Å². The minimum atomic E-state index is -0.860. The van der Waals surface area contributed by atoms with Crippen LogP contribution in [0.1, 0.15) is 64.2 Å². The molecule has 190 valence electrons. The van der Waals surface area contributed by atoms with Crippen molar-refractivity contribution in [3.8, 4) is 5.75 Å². The van der Waals surface area contributed by atoms with Gasteiger partial charge in [-0.15, -0.1) is 11.8 Å². The molecule has 1 saturated heterocycles. The fraction of sp³-hybridized carbons (Fsp3) is 0.517. The summed E-state index contributed by atoms with van der Waals surface area (Å²) in [5, 5.41) is 8.68. The first-order valence-corrected chi connectivity index (χ1v) is 13.1. The molecule has 0 radical (unpaired) electrons. The van der Waals surface area contributed by atoms with Gasteiger partial charge in [0.15, 0.2) is 11.0 Å². The number of aromatic hydroxyl groups is 1. The molecule has 0 saturated carbocycles. The summed E-state index contributed by atoms with van der Waals surface area (Å²) in [6.45, 7) is 12.5. The third-order valence-electron chi connectivity index (χ3n) is 6.94. The summed E-state index contributed by atoms with van der Waals surface area (Å²) in [7, 11) is 4.04. The fourth-order valence-corrected chi connectivity index (χ4v) is 6.00. The van der Waals surface area contributed by atoms with Gasteiger partial charge in [-0.3, -0.25) is 9.59 Å². The Kier molecular flexibility index (Phi) is 7.95. The monoisotopic (exact) mass is 497 g/mol. The van der Waals surface area contributed by atoms with Gasteiger partial charge in [-0.1, -0.05) is 46.8 Å². The number of cyclic esters (lactones) is 1. The molecule has 0 spiro atoms. The van der Waals surface area contributed by atoms with Crippen LogP contribution in [0.5, 0.6) is 5.75 Å². The van der Waals surface area contributed by atoms with Crippen molar-refractivity contribution in [3.05, 3.63) is 53.1 Å². The third kappa shape index (κ3) is 6.03. The van der Waals surface area contributed by atoms with Crippen LogP contribution in [0.3, 0.4) is 0 Å². The molecule has 0 aliphatic carbocycles. The lowest BCUT2D eigenvalue weighted by Gasteiger charge is -2.42. The molecule has 1 aliphatic heterocycles. The Morgan fingerprint density at radius 2 is 1.77 bits per heavy atom. The van der Waals surface area contributed by atoms with Crippen LogP contribution in [-0.2, 0) is 26.2 Å². The Morgan fingerprint density at radius 3 is 2.29 bits per heavy atom. The number of hydrogen-bond donors (Lipinski definition) is 1. The molecule has 0 aromatic heterocycles. The zero-order chi connectivity index (χ0) is 26.1. The van der Waals surface area contributed by atoms with Crippen molar-refractivity contribution in [2.24, 2.45) is 5.92 Å². The largest absolute Gasteiger partial charge is 0.508 e. The molecule has 1 heterocycles. The van der Waals surface area contributed by atoms with Crippen molar-refractivity contribution in [3.63, 3.8) is 0 Å². The van der Waals surface area contributed by atoms with Crippen molar-refractivity contribution >= 4 is 29.2 Å². The first kappa shape index (κ1) is 27.1. The highest BCUT2D eigenvalue weighted by atomic mass is 32.2. The highest BCUT2D eigenvalue weighted by Gasteiger charge is 2.49. The summed E-state index contributed by atoms with van der Waals surface area (Å²) in [6.07, 6.45) is 1.44. The molecule has 2 unspecified atom stereocenters. The quantitative estimate of drug-likeness (QED) is 0.370. The van der Waals surface area contributed by atoms with Gasteiger partial charge in [-0.25, -0.2) is 0 Å². The Morgan fingerprint density at radius 1 is 1.14 bits per heavy atom. The lowest BCUT2D eigenvalue weighted by Crippen LogP contribution is -2.52. The highest BCUT2D eigenvalue weighted by molar-refractivity contribution is 8.01. The van der Waals surface area contributed by atoms with Gasteiger partial charge in [-0.2, -0.15) is 0 Å². The van der Waals surface area contributed by atoms with E-state index in [4.69, 9.17) is 4.74 Å². The first-order valence-electron chi connectivity index (χ1n) is 12.3. The van der Waals surface area contributed by atoms with Crippen LogP contribution >= 0.6 is 11.8 Å². The summed E-state index contributed by atoms with van der Waals surface area (Å²) in [4.78, 5) is 29.8. The number of esters is 1.